The molecule has 0 fully saturated rings. The van der Waals surface area contributed by atoms with Gasteiger partial charge in [-0.2, -0.15) is 0 Å². The van der Waals surface area contributed by atoms with Crippen molar-refractivity contribution in [1.82, 2.24) is 4.98 Å². The number of thiazole rings is 1. The molecule has 1 aliphatic rings. The molecule has 0 atom stereocenters. The number of fused-ring (bicyclic) bond motifs is 1. The summed E-state index contributed by atoms with van der Waals surface area (Å²) in [4.78, 5) is 31.6. The van der Waals surface area contributed by atoms with Crippen LogP contribution < -0.4 is 15.0 Å². The van der Waals surface area contributed by atoms with E-state index in [2.05, 4.69) is 10.3 Å². The molecule has 8 heteroatoms. The summed E-state index contributed by atoms with van der Waals surface area (Å²) >= 11 is 1.41. The van der Waals surface area contributed by atoms with Gasteiger partial charge in [-0.15, -0.1) is 11.3 Å². The predicted octanol–water partition coefficient (Wildman–Crippen LogP) is 4.87. The number of ether oxygens (including phenoxy) is 1. The molecule has 160 valence electrons. The molecule has 0 bridgehead atoms. The third kappa shape index (κ3) is 3.76. The monoisotopic (exact) mass is 445 g/mol. The molecule has 7 nitrogen and oxygen atoms in total. The maximum atomic E-state index is 12.7. The number of amides is 2. The third-order valence-electron chi connectivity index (χ3n) is 5.32. The van der Waals surface area contributed by atoms with E-state index < -0.39 is 0 Å². The fraction of sp³-hybridized carbons (Fsp3) is 0.125. The number of carbonyl (C=O) groups is 2. The second-order valence-corrected chi connectivity index (χ2v) is 8.14. The van der Waals surface area contributed by atoms with Gasteiger partial charge in [0.15, 0.2) is 0 Å². The maximum absolute atomic E-state index is 12.7. The number of methoxy groups -OCH3 is 1. The molecule has 32 heavy (non-hydrogen) atoms. The highest BCUT2D eigenvalue weighted by Gasteiger charge is 2.26. The number of nitrogens with zero attached hydrogens (tertiary/aromatic N) is 2. The molecule has 3 heterocycles. The molecule has 0 saturated carbocycles. The van der Waals surface area contributed by atoms with Crippen LogP contribution in [0.1, 0.15) is 26.4 Å². The van der Waals surface area contributed by atoms with Gasteiger partial charge in [0, 0.05) is 28.9 Å². The molecule has 0 spiro atoms. The molecule has 1 N–H and O–H groups in total. The molecule has 0 unspecified atom stereocenters. The molecule has 5 rings (SSSR count). The predicted molar refractivity (Wildman–Crippen MR) is 123 cm³/mol. The number of anilines is 2. The molecule has 1 aliphatic heterocycles. The van der Waals surface area contributed by atoms with E-state index in [1.807, 2.05) is 36.4 Å². The summed E-state index contributed by atoms with van der Waals surface area (Å²) in [7, 11) is 1.62. The Balaban J connectivity index is 1.29. The summed E-state index contributed by atoms with van der Waals surface area (Å²) in [5.74, 6) is 0.401. The van der Waals surface area contributed by atoms with Crippen LogP contribution >= 0.6 is 11.3 Å². The third-order valence-corrected chi connectivity index (χ3v) is 6.21. The van der Waals surface area contributed by atoms with E-state index >= 15 is 0 Å². The number of furan rings is 1. The van der Waals surface area contributed by atoms with Gasteiger partial charge in [-0.05, 0) is 60.5 Å². The lowest BCUT2D eigenvalue weighted by Crippen LogP contribution is -2.28. The molecule has 2 aromatic heterocycles. The van der Waals surface area contributed by atoms with Gasteiger partial charge in [-0.3, -0.25) is 9.59 Å². The lowest BCUT2D eigenvalue weighted by atomic mass is 10.1. The number of rotatable bonds is 5. The van der Waals surface area contributed by atoms with Crippen LogP contribution in [0, 0.1) is 0 Å². The summed E-state index contributed by atoms with van der Waals surface area (Å²) in [6.45, 7) is 0.591. The zero-order valence-electron chi connectivity index (χ0n) is 17.2. The van der Waals surface area contributed by atoms with E-state index in [0.717, 1.165) is 34.0 Å². The fourth-order valence-electron chi connectivity index (χ4n) is 3.67. The summed E-state index contributed by atoms with van der Waals surface area (Å²) < 4.78 is 10.2. The van der Waals surface area contributed by atoms with Crippen LogP contribution in [0.3, 0.4) is 0 Å². The van der Waals surface area contributed by atoms with Crippen LogP contribution in [0.4, 0.5) is 11.4 Å². The summed E-state index contributed by atoms with van der Waals surface area (Å²) in [6, 6.07) is 14.8. The molecule has 0 aliphatic carbocycles. The quantitative estimate of drug-likeness (QED) is 0.474. The van der Waals surface area contributed by atoms with E-state index in [0.29, 0.717) is 23.5 Å². The van der Waals surface area contributed by atoms with E-state index in [9.17, 15) is 9.59 Å². The number of carbonyl (C=O) groups excluding carboxylic acids is 2. The second kappa shape index (κ2) is 8.32. The van der Waals surface area contributed by atoms with E-state index in [1.165, 1.54) is 23.9 Å². The van der Waals surface area contributed by atoms with Gasteiger partial charge >= 0.3 is 0 Å². The molecule has 2 amide bonds. The Kier molecular flexibility index (Phi) is 5.20. The normalized spacial score (nSPS) is 12.5. The number of nitrogens with one attached hydrogen (secondary N) is 1. The van der Waals surface area contributed by atoms with Crippen molar-refractivity contribution in [3.63, 3.8) is 0 Å². The fourth-order valence-corrected chi connectivity index (χ4v) is 4.48. The van der Waals surface area contributed by atoms with Crippen LogP contribution in [0.5, 0.6) is 5.75 Å². The van der Waals surface area contributed by atoms with Crippen molar-refractivity contribution in [3.8, 4) is 16.3 Å². The first-order chi connectivity index (χ1) is 15.6. The maximum Gasteiger partial charge on any atom is 0.275 e. The molecule has 0 radical (unpaired) electrons. The van der Waals surface area contributed by atoms with Gasteiger partial charge in [0.05, 0.1) is 18.9 Å². The van der Waals surface area contributed by atoms with Crippen molar-refractivity contribution in [2.45, 2.75) is 6.42 Å². The van der Waals surface area contributed by atoms with E-state index in [-0.39, 0.29) is 11.8 Å². The Labute approximate surface area is 188 Å². The zero-order valence-corrected chi connectivity index (χ0v) is 18.0. The Morgan fingerprint density at radius 3 is 2.75 bits per heavy atom. The average molecular weight is 446 g/mol. The topological polar surface area (TPSA) is 84.7 Å². The van der Waals surface area contributed by atoms with Gasteiger partial charge in [-0.25, -0.2) is 4.98 Å². The zero-order chi connectivity index (χ0) is 22.1. The van der Waals surface area contributed by atoms with E-state index in [4.69, 9.17) is 9.15 Å². The summed E-state index contributed by atoms with van der Waals surface area (Å²) in [6.07, 6.45) is 3.66. The number of hydrogen-bond donors (Lipinski definition) is 1. The van der Waals surface area contributed by atoms with Crippen LogP contribution in [0.2, 0.25) is 0 Å². The van der Waals surface area contributed by atoms with Gasteiger partial charge in [0.1, 0.15) is 22.7 Å². The minimum absolute atomic E-state index is 0.0946. The largest absolute Gasteiger partial charge is 0.497 e. The summed E-state index contributed by atoms with van der Waals surface area (Å²) in [5.41, 5.74) is 4.34. The minimum atomic E-state index is -0.273. The van der Waals surface area contributed by atoms with Crippen molar-refractivity contribution in [3.05, 3.63) is 83.3 Å². The standard InChI is InChI=1S/C24H19N3O4S/c1-30-19-5-2-15(3-6-19)23-26-20(14-32-23)22(28)25-18-4-7-21-16(12-18)8-10-27(21)24(29)17-9-11-31-13-17/h2-7,9,11-14H,8,10H2,1H3,(H,25,28). The highest BCUT2D eigenvalue weighted by atomic mass is 32.1. The Morgan fingerprint density at radius 2 is 2.00 bits per heavy atom. The lowest BCUT2D eigenvalue weighted by Gasteiger charge is -2.16. The number of hydrogen-bond acceptors (Lipinski definition) is 6. The first-order valence-corrected chi connectivity index (χ1v) is 10.9. The SMILES string of the molecule is COc1ccc(-c2nc(C(=O)Nc3ccc4c(c3)CCN4C(=O)c3ccoc3)cs2)cc1. The van der Waals surface area contributed by atoms with Crippen molar-refractivity contribution in [1.29, 1.82) is 0 Å². The van der Waals surface area contributed by atoms with E-state index in [1.54, 1.807) is 29.5 Å². The summed E-state index contributed by atoms with van der Waals surface area (Å²) in [5, 5.41) is 5.42. The Bertz CT molecular complexity index is 1280. The minimum Gasteiger partial charge on any atom is -0.497 e. The number of benzene rings is 2. The first kappa shape index (κ1) is 20.0. The van der Waals surface area contributed by atoms with Crippen LogP contribution in [0.15, 0.2) is 70.9 Å². The second-order valence-electron chi connectivity index (χ2n) is 7.28. The highest BCUT2D eigenvalue weighted by Crippen LogP contribution is 2.32. The van der Waals surface area contributed by atoms with Crippen molar-refractivity contribution < 1.29 is 18.7 Å². The average Bonchev–Trinajstić information content (AvgIpc) is 3.59. The smallest absolute Gasteiger partial charge is 0.275 e. The lowest BCUT2D eigenvalue weighted by molar-refractivity contribution is 0.0986. The molecular weight excluding hydrogens is 426 g/mol. The van der Waals surface area contributed by atoms with Gasteiger partial charge in [-0.1, -0.05) is 0 Å². The molecular formula is C24H19N3O4S. The first-order valence-electron chi connectivity index (χ1n) is 10.0. The molecule has 0 saturated heterocycles. The van der Waals surface area contributed by atoms with Crippen LogP contribution in [-0.4, -0.2) is 30.5 Å². The van der Waals surface area contributed by atoms with Gasteiger partial charge < -0.3 is 19.4 Å². The van der Waals surface area contributed by atoms with Crippen molar-refractivity contribution in [2.24, 2.45) is 0 Å². The molecule has 4 aromatic rings. The Hall–Kier alpha value is -3.91. The van der Waals surface area contributed by atoms with Crippen molar-refractivity contribution >= 4 is 34.5 Å². The van der Waals surface area contributed by atoms with Crippen LogP contribution in [0.25, 0.3) is 10.6 Å². The van der Waals surface area contributed by atoms with Crippen molar-refractivity contribution in [2.75, 3.05) is 23.9 Å². The van der Waals surface area contributed by atoms with Crippen LogP contribution in [-0.2, 0) is 6.42 Å². The highest BCUT2D eigenvalue weighted by molar-refractivity contribution is 7.13. The van der Waals surface area contributed by atoms with Gasteiger partial charge in [0.2, 0.25) is 0 Å². The number of aromatic nitrogens is 1. The van der Waals surface area contributed by atoms with Gasteiger partial charge in [0.25, 0.3) is 11.8 Å². The Morgan fingerprint density at radius 1 is 1.16 bits per heavy atom. The molecule has 2 aromatic carbocycles.